The zero-order chi connectivity index (χ0) is 17.4. The Morgan fingerprint density at radius 2 is 2.08 bits per heavy atom. The van der Waals surface area contributed by atoms with Gasteiger partial charge in [0.1, 0.15) is 5.75 Å². The number of amides is 1. The van der Waals surface area contributed by atoms with Crippen molar-refractivity contribution in [2.45, 2.75) is 43.9 Å². The first-order valence-electron chi connectivity index (χ1n) is 9.08. The molecule has 25 heavy (non-hydrogen) atoms. The molecule has 2 fully saturated rings. The van der Waals surface area contributed by atoms with Gasteiger partial charge in [-0.1, -0.05) is 12.1 Å². The lowest BCUT2D eigenvalue weighted by atomic mass is 9.89. The summed E-state index contributed by atoms with van der Waals surface area (Å²) in [4.78, 5) is 15.4. The Morgan fingerprint density at radius 3 is 2.68 bits per heavy atom. The van der Waals surface area contributed by atoms with Gasteiger partial charge in [-0.3, -0.25) is 9.89 Å². The van der Waals surface area contributed by atoms with Gasteiger partial charge in [0, 0.05) is 24.7 Å². The van der Waals surface area contributed by atoms with Gasteiger partial charge in [0.25, 0.3) is 0 Å². The second-order valence-electron chi connectivity index (χ2n) is 7.37. The van der Waals surface area contributed by atoms with Gasteiger partial charge in [-0.25, -0.2) is 0 Å². The van der Waals surface area contributed by atoms with Crippen LogP contribution in [0.2, 0.25) is 0 Å². The Bertz CT molecular complexity index is 762. The minimum Gasteiger partial charge on any atom is -0.497 e. The first-order chi connectivity index (χ1) is 12.1. The zero-order valence-electron chi connectivity index (χ0n) is 14.9. The van der Waals surface area contributed by atoms with Gasteiger partial charge in [-0.2, -0.15) is 5.10 Å². The number of aromatic nitrogens is 2. The summed E-state index contributed by atoms with van der Waals surface area (Å²) in [6.45, 7) is 3.74. The van der Waals surface area contributed by atoms with Crippen LogP contribution in [0.15, 0.2) is 30.5 Å². The van der Waals surface area contributed by atoms with E-state index in [1.807, 2.05) is 30.5 Å². The van der Waals surface area contributed by atoms with Gasteiger partial charge >= 0.3 is 0 Å². The molecule has 1 aromatic heterocycles. The molecule has 1 atom stereocenters. The molecule has 0 unspecified atom stereocenters. The van der Waals surface area contributed by atoms with E-state index in [1.165, 1.54) is 11.3 Å². The molecule has 2 heterocycles. The van der Waals surface area contributed by atoms with Crippen molar-refractivity contribution in [3.8, 4) is 5.75 Å². The smallest absolute Gasteiger partial charge is 0.233 e. The lowest BCUT2D eigenvalue weighted by Crippen LogP contribution is -2.44. The fourth-order valence-corrected chi connectivity index (χ4v) is 4.13. The maximum absolute atomic E-state index is 13.3. The summed E-state index contributed by atoms with van der Waals surface area (Å²) in [7, 11) is 1.67. The van der Waals surface area contributed by atoms with E-state index in [1.54, 1.807) is 7.11 Å². The van der Waals surface area contributed by atoms with Gasteiger partial charge in [-0.05, 0) is 55.9 Å². The predicted octanol–water partition coefficient (Wildman–Crippen LogP) is 3.16. The van der Waals surface area contributed by atoms with Gasteiger partial charge in [0.15, 0.2) is 0 Å². The quantitative estimate of drug-likeness (QED) is 0.931. The molecular formula is C20H25N3O2. The molecule has 1 aliphatic heterocycles. The first kappa shape index (κ1) is 16.2. The molecule has 5 nitrogen and oxygen atoms in total. The number of nitrogens with one attached hydrogen (secondary N) is 1. The molecule has 1 saturated heterocycles. The number of hydrogen-bond donors (Lipinski definition) is 1. The highest BCUT2D eigenvalue weighted by atomic mass is 16.5. The molecule has 1 aromatic carbocycles. The zero-order valence-corrected chi connectivity index (χ0v) is 14.9. The van der Waals surface area contributed by atoms with E-state index >= 15 is 0 Å². The maximum Gasteiger partial charge on any atom is 0.233 e. The molecule has 1 aliphatic carbocycles. The van der Waals surface area contributed by atoms with E-state index in [9.17, 15) is 4.79 Å². The summed E-state index contributed by atoms with van der Waals surface area (Å²) in [5, 5.41) is 7.28. The molecule has 2 aliphatic rings. The van der Waals surface area contributed by atoms with Crippen LogP contribution in [0.25, 0.3) is 0 Å². The number of rotatable bonds is 4. The number of H-pyrrole nitrogens is 1. The van der Waals surface area contributed by atoms with Crippen molar-refractivity contribution < 1.29 is 9.53 Å². The highest BCUT2D eigenvalue weighted by Crippen LogP contribution is 2.50. The second kappa shape index (κ2) is 6.21. The summed E-state index contributed by atoms with van der Waals surface area (Å²) in [5.41, 5.74) is 3.19. The second-order valence-corrected chi connectivity index (χ2v) is 7.37. The van der Waals surface area contributed by atoms with E-state index in [-0.39, 0.29) is 5.41 Å². The predicted molar refractivity (Wildman–Crippen MR) is 95.8 cm³/mol. The van der Waals surface area contributed by atoms with Crippen LogP contribution < -0.4 is 4.74 Å². The van der Waals surface area contributed by atoms with Crippen LogP contribution in [0.1, 0.15) is 48.4 Å². The van der Waals surface area contributed by atoms with Crippen molar-refractivity contribution in [1.82, 2.24) is 15.1 Å². The van der Waals surface area contributed by atoms with Crippen molar-refractivity contribution in [2.75, 3.05) is 20.2 Å². The number of aromatic amines is 1. The highest BCUT2D eigenvalue weighted by Gasteiger charge is 2.53. The number of carbonyl (C=O) groups excluding carboxylic acids is 1. The molecule has 2 aromatic rings. The number of aryl methyl sites for hydroxylation is 1. The molecule has 1 N–H and O–H groups in total. The Balaban J connectivity index is 1.52. The number of hydrogen-bond acceptors (Lipinski definition) is 3. The lowest BCUT2D eigenvalue weighted by molar-refractivity contribution is -0.135. The standard InChI is InChI=1S/C20H25N3O2/c1-14-12-21-22-18(14)15-4-3-11-23(13-15)19(24)20(9-10-20)16-5-7-17(25-2)8-6-16/h5-8,12,15H,3-4,9-11,13H2,1-2H3,(H,21,22)/t15-/m0/s1. The van der Waals surface area contributed by atoms with Gasteiger partial charge in [-0.15, -0.1) is 0 Å². The number of ether oxygens (including phenoxy) is 1. The molecule has 132 valence electrons. The van der Waals surface area contributed by atoms with E-state index < -0.39 is 0 Å². The summed E-state index contributed by atoms with van der Waals surface area (Å²) in [6.07, 6.45) is 5.93. The topological polar surface area (TPSA) is 58.2 Å². The van der Waals surface area contributed by atoms with Crippen molar-refractivity contribution in [1.29, 1.82) is 0 Å². The number of nitrogens with zero attached hydrogens (tertiary/aromatic N) is 2. The van der Waals surface area contributed by atoms with E-state index in [4.69, 9.17) is 4.74 Å². The van der Waals surface area contributed by atoms with Crippen LogP contribution in [-0.2, 0) is 10.2 Å². The number of piperidine rings is 1. The van der Waals surface area contributed by atoms with Gasteiger partial charge < -0.3 is 9.64 Å². The normalized spacial score (nSPS) is 21.8. The number of methoxy groups -OCH3 is 1. The lowest BCUT2D eigenvalue weighted by Gasteiger charge is -2.35. The molecule has 0 bridgehead atoms. The highest BCUT2D eigenvalue weighted by molar-refractivity contribution is 5.91. The Labute approximate surface area is 148 Å². The van der Waals surface area contributed by atoms with Crippen LogP contribution in [0, 0.1) is 6.92 Å². The van der Waals surface area contributed by atoms with E-state index in [0.717, 1.165) is 50.1 Å². The average molecular weight is 339 g/mol. The van der Waals surface area contributed by atoms with E-state index in [2.05, 4.69) is 22.0 Å². The average Bonchev–Trinajstić information content (AvgIpc) is 3.36. The fraction of sp³-hybridized carbons (Fsp3) is 0.500. The van der Waals surface area contributed by atoms with Gasteiger partial charge in [0.2, 0.25) is 5.91 Å². The van der Waals surface area contributed by atoms with Crippen LogP contribution in [0.5, 0.6) is 5.75 Å². The summed E-state index contributed by atoms with van der Waals surface area (Å²) < 4.78 is 5.24. The van der Waals surface area contributed by atoms with Crippen LogP contribution in [0.4, 0.5) is 0 Å². The third kappa shape index (κ3) is 2.81. The Morgan fingerprint density at radius 1 is 1.32 bits per heavy atom. The summed E-state index contributed by atoms with van der Waals surface area (Å²) >= 11 is 0. The largest absolute Gasteiger partial charge is 0.497 e. The third-order valence-corrected chi connectivity index (χ3v) is 5.79. The monoisotopic (exact) mass is 339 g/mol. The minimum absolute atomic E-state index is 0.291. The van der Waals surface area contributed by atoms with Crippen molar-refractivity contribution in [2.24, 2.45) is 0 Å². The van der Waals surface area contributed by atoms with Crippen LogP contribution in [0.3, 0.4) is 0 Å². The fourth-order valence-electron chi connectivity index (χ4n) is 4.13. The first-order valence-corrected chi connectivity index (χ1v) is 9.08. The Kier molecular flexibility index (Phi) is 4.02. The molecule has 1 amide bonds. The van der Waals surface area contributed by atoms with Gasteiger partial charge in [0.05, 0.1) is 18.7 Å². The molecule has 1 saturated carbocycles. The maximum atomic E-state index is 13.3. The minimum atomic E-state index is -0.308. The summed E-state index contributed by atoms with van der Waals surface area (Å²) in [6, 6.07) is 8.00. The van der Waals surface area contributed by atoms with Crippen molar-refractivity contribution in [3.63, 3.8) is 0 Å². The Hall–Kier alpha value is -2.30. The number of likely N-dealkylation sites (tertiary alicyclic amines) is 1. The number of carbonyl (C=O) groups is 1. The number of benzene rings is 1. The SMILES string of the molecule is COc1ccc(C2(C(=O)N3CCC[C@H](c4[nH]ncc4C)C3)CC2)cc1. The van der Waals surface area contributed by atoms with Crippen LogP contribution >= 0.6 is 0 Å². The molecule has 0 spiro atoms. The van der Waals surface area contributed by atoms with E-state index in [0.29, 0.717) is 11.8 Å². The summed E-state index contributed by atoms with van der Waals surface area (Å²) in [5.74, 6) is 1.49. The van der Waals surface area contributed by atoms with Crippen LogP contribution in [-0.4, -0.2) is 41.2 Å². The molecule has 5 heteroatoms. The van der Waals surface area contributed by atoms with Crippen molar-refractivity contribution >= 4 is 5.91 Å². The third-order valence-electron chi connectivity index (χ3n) is 5.79. The molecule has 0 radical (unpaired) electrons. The van der Waals surface area contributed by atoms with Crippen molar-refractivity contribution in [3.05, 3.63) is 47.3 Å². The molecular weight excluding hydrogens is 314 g/mol. The molecule has 4 rings (SSSR count).